The van der Waals surface area contributed by atoms with Gasteiger partial charge >= 0.3 is 5.97 Å². The zero-order valence-electron chi connectivity index (χ0n) is 9.61. The van der Waals surface area contributed by atoms with E-state index in [4.69, 9.17) is 0 Å². The Kier molecular flexibility index (Phi) is 3.10. The lowest BCUT2D eigenvalue weighted by molar-refractivity contribution is 0.0703. The van der Waals surface area contributed by atoms with E-state index in [1.807, 2.05) is 35.7 Å². The number of pyridine rings is 1. The van der Waals surface area contributed by atoms with E-state index in [0.29, 0.717) is 16.4 Å². The number of aromatic carboxylic acids is 1. The van der Waals surface area contributed by atoms with E-state index in [0.717, 1.165) is 16.2 Å². The number of carbonyl (C=O) groups is 1. The first-order valence-corrected chi connectivity index (χ1v) is 7.14. The van der Waals surface area contributed by atoms with Gasteiger partial charge < -0.3 is 5.11 Å². The van der Waals surface area contributed by atoms with Crippen molar-refractivity contribution in [3.63, 3.8) is 0 Å². The van der Waals surface area contributed by atoms with Gasteiger partial charge in [-0.15, -0.1) is 22.7 Å². The molecule has 3 aromatic heterocycles. The second-order valence-corrected chi connectivity index (χ2v) is 5.64. The van der Waals surface area contributed by atoms with Crippen molar-refractivity contribution in [3.8, 4) is 21.3 Å². The van der Waals surface area contributed by atoms with E-state index >= 15 is 0 Å². The van der Waals surface area contributed by atoms with Crippen molar-refractivity contribution < 1.29 is 9.90 Å². The maximum atomic E-state index is 11.3. The fourth-order valence-corrected chi connectivity index (χ4v) is 3.32. The molecule has 0 radical (unpaired) electrons. The smallest absolute Gasteiger partial charge is 0.348 e. The molecule has 0 aliphatic carbocycles. The van der Waals surface area contributed by atoms with Crippen LogP contribution in [0.3, 0.4) is 0 Å². The lowest BCUT2D eigenvalue weighted by Gasteiger charge is -1.93. The van der Waals surface area contributed by atoms with Gasteiger partial charge in [-0.3, -0.25) is 4.98 Å². The van der Waals surface area contributed by atoms with Crippen molar-refractivity contribution in [1.82, 2.24) is 9.97 Å². The number of hydrogen-bond donors (Lipinski definition) is 1. The lowest BCUT2D eigenvalue weighted by Crippen LogP contribution is -1.94. The molecule has 0 saturated carbocycles. The van der Waals surface area contributed by atoms with Crippen molar-refractivity contribution >= 4 is 28.6 Å². The van der Waals surface area contributed by atoms with Crippen molar-refractivity contribution in [2.75, 3.05) is 0 Å². The standard InChI is InChI=1S/C13H8N2O2S2/c16-13(17)11-10(9-5-3-7-18-9)15-12(19-11)8-4-1-2-6-14-8/h1-7H,(H,16,17). The van der Waals surface area contributed by atoms with Gasteiger partial charge in [-0.2, -0.15) is 0 Å². The van der Waals surface area contributed by atoms with Crippen molar-refractivity contribution in [1.29, 1.82) is 0 Å². The van der Waals surface area contributed by atoms with Crippen LogP contribution in [0.1, 0.15) is 9.67 Å². The third kappa shape index (κ3) is 2.27. The lowest BCUT2D eigenvalue weighted by atomic mass is 10.3. The average Bonchev–Trinajstić information content (AvgIpc) is 3.08. The number of nitrogens with zero attached hydrogens (tertiary/aromatic N) is 2. The molecule has 6 heteroatoms. The second-order valence-electron chi connectivity index (χ2n) is 3.69. The van der Waals surface area contributed by atoms with E-state index in [2.05, 4.69) is 9.97 Å². The molecule has 19 heavy (non-hydrogen) atoms. The Morgan fingerprint density at radius 2 is 2.11 bits per heavy atom. The summed E-state index contributed by atoms with van der Waals surface area (Å²) in [4.78, 5) is 21.1. The molecule has 3 aromatic rings. The predicted octanol–water partition coefficient (Wildman–Crippen LogP) is 3.63. The van der Waals surface area contributed by atoms with Crippen LogP contribution in [0.15, 0.2) is 41.9 Å². The van der Waals surface area contributed by atoms with Crippen molar-refractivity contribution in [3.05, 3.63) is 46.8 Å². The zero-order valence-corrected chi connectivity index (χ0v) is 11.2. The summed E-state index contributed by atoms with van der Waals surface area (Å²) in [7, 11) is 0. The Balaban J connectivity index is 2.15. The van der Waals surface area contributed by atoms with Crippen molar-refractivity contribution in [2.24, 2.45) is 0 Å². The summed E-state index contributed by atoms with van der Waals surface area (Å²) in [5.41, 5.74) is 1.21. The van der Waals surface area contributed by atoms with E-state index < -0.39 is 5.97 Å². The van der Waals surface area contributed by atoms with E-state index in [1.54, 1.807) is 6.20 Å². The molecule has 0 fully saturated rings. The zero-order chi connectivity index (χ0) is 13.2. The Bertz CT molecular complexity index is 706. The van der Waals surface area contributed by atoms with Crippen LogP contribution in [0.25, 0.3) is 21.3 Å². The molecule has 0 aromatic carbocycles. The summed E-state index contributed by atoms with van der Waals surface area (Å²) in [5, 5.41) is 11.8. The summed E-state index contributed by atoms with van der Waals surface area (Å²) in [6.45, 7) is 0. The highest BCUT2D eigenvalue weighted by atomic mass is 32.1. The largest absolute Gasteiger partial charge is 0.477 e. The highest BCUT2D eigenvalue weighted by molar-refractivity contribution is 7.18. The summed E-state index contributed by atoms with van der Waals surface area (Å²) in [6.07, 6.45) is 1.67. The molecule has 0 saturated heterocycles. The van der Waals surface area contributed by atoms with E-state index in [9.17, 15) is 9.90 Å². The first-order chi connectivity index (χ1) is 9.25. The summed E-state index contributed by atoms with van der Waals surface area (Å²) in [6, 6.07) is 9.24. The predicted molar refractivity (Wildman–Crippen MR) is 75.6 cm³/mol. The number of aromatic nitrogens is 2. The van der Waals surface area contributed by atoms with Gasteiger partial charge in [0.2, 0.25) is 0 Å². The Hall–Kier alpha value is -2.05. The first kappa shape index (κ1) is 12.0. The highest BCUT2D eigenvalue weighted by Crippen LogP contribution is 2.35. The second kappa shape index (κ2) is 4.91. The molecular formula is C13H8N2O2S2. The van der Waals surface area contributed by atoms with Gasteiger partial charge in [-0.05, 0) is 23.6 Å². The molecule has 0 aliphatic rings. The van der Waals surface area contributed by atoms with Crippen molar-refractivity contribution in [2.45, 2.75) is 0 Å². The minimum Gasteiger partial charge on any atom is -0.477 e. The van der Waals surface area contributed by atoms with Gasteiger partial charge in [0, 0.05) is 6.20 Å². The minimum atomic E-state index is -0.955. The Labute approximate surface area is 117 Å². The molecule has 0 aliphatic heterocycles. The maximum absolute atomic E-state index is 11.3. The number of thiazole rings is 1. The maximum Gasteiger partial charge on any atom is 0.348 e. The highest BCUT2D eigenvalue weighted by Gasteiger charge is 2.20. The van der Waals surface area contributed by atoms with Crippen LogP contribution in [0, 0.1) is 0 Å². The molecule has 0 unspecified atom stereocenters. The van der Waals surface area contributed by atoms with Gasteiger partial charge in [0.15, 0.2) is 0 Å². The quantitative estimate of drug-likeness (QED) is 0.799. The molecule has 1 N–H and O–H groups in total. The fourth-order valence-electron chi connectivity index (χ4n) is 1.64. The number of hydrogen-bond acceptors (Lipinski definition) is 5. The van der Waals surface area contributed by atoms with Crippen LogP contribution >= 0.6 is 22.7 Å². The monoisotopic (exact) mass is 288 g/mol. The average molecular weight is 288 g/mol. The molecule has 0 spiro atoms. The number of carboxylic acids is 1. The van der Waals surface area contributed by atoms with Crippen LogP contribution in [0.2, 0.25) is 0 Å². The van der Waals surface area contributed by atoms with Crippen LogP contribution in [0.5, 0.6) is 0 Å². The number of thiophene rings is 1. The summed E-state index contributed by atoms with van der Waals surface area (Å²) < 4.78 is 0. The fraction of sp³-hybridized carbons (Fsp3) is 0. The number of rotatable bonds is 3. The van der Waals surface area contributed by atoms with Crippen LogP contribution in [-0.4, -0.2) is 21.0 Å². The minimum absolute atomic E-state index is 0.253. The van der Waals surface area contributed by atoms with E-state index in [-0.39, 0.29) is 4.88 Å². The van der Waals surface area contributed by atoms with Crippen LogP contribution in [-0.2, 0) is 0 Å². The van der Waals surface area contributed by atoms with Gasteiger partial charge in [0.05, 0.1) is 10.6 Å². The molecule has 0 amide bonds. The van der Waals surface area contributed by atoms with Crippen LogP contribution < -0.4 is 0 Å². The molecule has 94 valence electrons. The molecular weight excluding hydrogens is 280 g/mol. The third-order valence-corrected chi connectivity index (χ3v) is 4.40. The SMILES string of the molecule is O=C(O)c1sc(-c2ccccn2)nc1-c1cccs1. The normalized spacial score (nSPS) is 10.5. The Morgan fingerprint density at radius 1 is 1.21 bits per heavy atom. The molecule has 0 bridgehead atoms. The number of carboxylic acid groups (broad SMARTS) is 1. The van der Waals surface area contributed by atoms with E-state index in [1.165, 1.54) is 11.3 Å². The van der Waals surface area contributed by atoms with Crippen LogP contribution in [0.4, 0.5) is 0 Å². The molecule has 0 atom stereocenters. The topological polar surface area (TPSA) is 63.1 Å². The van der Waals surface area contributed by atoms with Gasteiger partial charge in [-0.1, -0.05) is 12.1 Å². The third-order valence-electron chi connectivity index (χ3n) is 2.46. The molecule has 3 heterocycles. The Morgan fingerprint density at radius 3 is 2.74 bits per heavy atom. The summed E-state index contributed by atoms with van der Waals surface area (Å²) in [5.74, 6) is -0.955. The molecule has 3 rings (SSSR count). The molecule has 4 nitrogen and oxygen atoms in total. The van der Waals surface area contributed by atoms with Gasteiger partial charge in [0.1, 0.15) is 15.6 Å². The van der Waals surface area contributed by atoms with Gasteiger partial charge in [0.25, 0.3) is 0 Å². The van der Waals surface area contributed by atoms with Gasteiger partial charge in [-0.25, -0.2) is 9.78 Å². The summed E-state index contributed by atoms with van der Waals surface area (Å²) >= 11 is 2.63. The first-order valence-electron chi connectivity index (χ1n) is 5.45.